The average molecular weight is 418 g/mol. The normalized spacial score (nSPS) is 26.6. The Bertz CT molecular complexity index is 835. The van der Waals surface area contributed by atoms with E-state index in [1.807, 2.05) is 0 Å². The van der Waals surface area contributed by atoms with Gasteiger partial charge in [-0.05, 0) is 25.7 Å². The number of piperidine rings is 1. The second-order valence-corrected chi connectivity index (χ2v) is 9.09. The standard InChI is InChI=1S/C17H23N3O5S.ClH/c1-20(12-5-10-3-4-11(6-12)18-10)26(22,23)16-8-14-13(7-15(16)24-2)19-17(21)9-25-14;/h7-8,10-12,18H,3-6,9H2,1-2H3,(H,19,21);1H. The van der Waals surface area contributed by atoms with Crippen molar-refractivity contribution in [2.24, 2.45) is 0 Å². The van der Waals surface area contributed by atoms with Crippen LogP contribution in [0.1, 0.15) is 25.7 Å². The highest BCUT2D eigenvalue weighted by molar-refractivity contribution is 7.89. The summed E-state index contributed by atoms with van der Waals surface area (Å²) in [6, 6.07) is 3.68. The summed E-state index contributed by atoms with van der Waals surface area (Å²) in [6.07, 6.45) is 3.83. The maximum atomic E-state index is 13.3. The number of carbonyl (C=O) groups excluding carboxylic acids is 1. The molecule has 150 valence electrons. The van der Waals surface area contributed by atoms with Crippen LogP contribution in [0.3, 0.4) is 0 Å². The summed E-state index contributed by atoms with van der Waals surface area (Å²) < 4.78 is 38.7. The number of hydrogen-bond acceptors (Lipinski definition) is 6. The van der Waals surface area contributed by atoms with E-state index in [0.29, 0.717) is 23.5 Å². The zero-order valence-electron chi connectivity index (χ0n) is 15.2. The topological polar surface area (TPSA) is 97.0 Å². The molecule has 1 aromatic rings. The van der Waals surface area contributed by atoms with E-state index in [1.165, 1.54) is 23.5 Å². The summed E-state index contributed by atoms with van der Waals surface area (Å²) in [4.78, 5) is 11.5. The van der Waals surface area contributed by atoms with Crippen LogP contribution in [0.4, 0.5) is 5.69 Å². The highest BCUT2D eigenvalue weighted by Gasteiger charge is 2.40. The van der Waals surface area contributed by atoms with Crippen LogP contribution in [0.15, 0.2) is 17.0 Å². The van der Waals surface area contributed by atoms with Gasteiger partial charge in [-0.1, -0.05) is 0 Å². The number of carbonyl (C=O) groups is 1. The number of nitrogens with zero attached hydrogens (tertiary/aromatic N) is 1. The van der Waals surface area contributed by atoms with Gasteiger partial charge in [-0.2, -0.15) is 4.31 Å². The Kier molecular flexibility index (Phi) is 5.58. The molecule has 10 heteroatoms. The minimum Gasteiger partial charge on any atom is -0.495 e. The van der Waals surface area contributed by atoms with Crippen LogP contribution in [0.2, 0.25) is 0 Å². The molecule has 3 heterocycles. The van der Waals surface area contributed by atoms with Crippen molar-refractivity contribution in [2.75, 3.05) is 26.1 Å². The summed E-state index contributed by atoms with van der Waals surface area (Å²) in [7, 11) is -0.715. The molecule has 4 rings (SSSR count). The summed E-state index contributed by atoms with van der Waals surface area (Å²) in [5.74, 6) is 0.249. The van der Waals surface area contributed by atoms with Crippen molar-refractivity contribution in [2.45, 2.75) is 48.7 Å². The van der Waals surface area contributed by atoms with Gasteiger partial charge in [0.2, 0.25) is 10.0 Å². The fourth-order valence-corrected chi connectivity index (χ4v) is 5.65. The largest absolute Gasteiger partial charge is 0.495 e. The number of ether oxygens (including phenoxy) is 2. The summed E-state index contributed by atoms with van der Waals surface area (Å²) in [6.45, 7) is -0.133. The molecule has 0 spiro atoms. The zero-order valence-corrected chi connectivity index (χ0v) is 16.9. The minimum atomic E-state index is -3.76. The number of amides is 1. The first-order valence-corrected chi connectivity index (χ1v) is 10.2. The third-order valence-corrected chi connectivity index (χ3v) is 7.45. The average Bonchev–Trinajstić information content (AvgIpc) is 2.97. The lowest BCUT2D eigenvalue weighted by Crippen LogP contribution is -2.48. The van der Waals surface area contributed by atoms with Gasteiger partial charge in [-0.3, -0.25) is 4.79 Å². The van der Waals surface area contributed by atoms with E-state index in [0.717, 1.165) is 25.7 Å². The Labute approximate surface area is 165 Å². The molecule has 2 fully saturated rings. The van der Waals surface area contributed by atoms with E-state index in [1.54, 1.807) is 7.05 Å². The molecule has 2 unspecified atom stereocenters. The quantitative estimate of drug-likeness (QED) is 0.767. The van der Waals surface area contributed by atoms with Crippen LogP contribution >= 0.6 is 12.4 Å². The van der Waals surface area contributed by atoms with Crippen LogP contribution in [0, 0.1) is 0 Å². The Balaban J connectivity index is 0.00000210. The molecule has 1 amide bonds. The maximum absolute atomic E-state index is 13.3. The van der Waals surface area contributed by atoms with Crippen molar-refractivity contribution >= 4 is 34.0 Å². The lowest BCUT2D eigenvalue weighted by Gasteiger charge is -2.35. The molecular weight excluding hydrogens is 394 g/mol. The third kappa shape index (κ3) is 3.61. The van der Waals surface area contributed by atoms with E-state index in [-0.39, 0.29) is 41.6 Å². The third-order valence-electron chi connectivity index (χ3n) is 5.52. The van der Waals surface area contributed by atoms with Gasteiger partial charge in [0, 0.05) is 37.3 Å². The van der Waals surface area contributed by atoms with Crippen molar-refractivity contribution in [1.29, 1.82) is 0 Å². The fourth-order valence-electron chi connectivity index (χ4n) is 4.12. The highest BCUT2D eigenvalue weighted by atomic mass is 35.5. The Hall–Kier alpha value is -1.55. The predicted octanol–water partition coefficient (Wildman–Crippen LogP) is 1.35. The van der Waals surface area contributed by atoms with Gasteiger partial charge >= 0.3 is 0 Å². The van der Waals surface area contributed by atoms with Gasteiger partial charge in [0.1, 0.15) is 16.4 Å². The summed E-state index contributed by atoms with van der Waals surface area (Å²) >= 11 is 0. The number of sulfonamides is 1. The molecule has 0 aliphatic carbocycles. The number of benzene rings is 1. The molecule has 0 saturated carbocycles. The molecule has 1 aromatic carbocycles. The molecule has 2 bridgehead atoms. The van der Waals surface area contributed by atoms with Gasteiger partial charge in [-0.25, -0.2) is 8.42 Å². The number of halogens is 1. The number of fused-ring (bicyclic) bond motifs is 3. The first kappa shape index (κ1) is 20.2. The molecule has 0 radical (unpaired) electrons. The van der Waals surface area contributed by atoms with Crippen molar-refractivity contribution in [3.63, 3.8) is 0 Å². The van der Waals surface area contributed by atoms with E-state index >= 15 is 0 Å². The van der Waals surface area contributed by atoms with Crippen LogP contribution in [0.25, 0.3) is 0 Å². The molecule has 2 N–H and O–H groups in total. The van der Waals surface area contributed by atoms with Crippen LogP contribution < -0.4 is 20.1 Å². The molecule has 8 nitrogen and oxygen atoms in total. The number of rotatable bonds is 4. The van der Waals surface area contributed by atoms with Gasteiger partial charge in [0.25, 0.3) is 5.91 Å². The SMILES string of the molecule is COc1cc2c(cc1S(=O)(=O)N(C)C1CC3CCC(C1)N3)OCC(=O)N2.Cl. The maximum Gasteiger partial charge on any atom is 0.262 e. The fraction of sp³-hybridized carbons (Fsp3) is 0.588. The Morgan fingerprint density at radius 2 is 1.89 bits per heavy atom. The monoisotopic (exact) mass is 417 g/mol. The Morgan fingerprint density at radius 1 is 1.22 bits per heavy atom. The predicted molar refractivity (Wildman–Crippen MR) is 102 cm³/mol. The molecule has 2 saturated heterocycles. The molecule has 0 aromatic heterocycles. The lowest BCUT2D eigenvalue weighted by atomic mass is 10.0. The summed E-state index contributed by atoms with van der Waals surface area (Å²) in [5.41, 5.74) is 0.416. The number of nitrogens with one attached hydrogen (secondary N) is 2. The number of hydrogen-bond donors (Lipinski definition) is 2. The van der Waals surface area contributed by atoms with Crippen molar-refractivity contribution < 1.29 is 22.7 Å². The van der Waals surface area contributed by atoms with Gasteiger partial charge in [0.15, 0.2) is 6.61 Å². The van der Waals surface area contributed by atoms with Crippen molar-refractivity contribution in [1.82, 2.24) is 9.62 Å². The number of methoxy groups -OCH3 is 1. The van der Waals surface area contributed by atoms with Crippen LogP contribution in [0.5, 0.6) is 11.5 Å². The second-order valence-electron chi connectivity index (χ2n) is 7.12. The minimum absolute atomic E-state index is 0. The first-order valence-electron chi connectivity index (χ1n) is 8.77. The van der Waals surface area contributed by atoms with Crippen LogP contribution in [-0.2, 0) is 14.8 Å². The molecule has 2 atom stereocenters. The van der Waals surface area contributed by atoms with E-state index < -0.39 is 10.0 Å². The molecular formula is C17H24ClN3O5S. The van der Waals surface area contributed by atoms with E-state index in [9.17, 15) is 13.2 Å². The molecule has 27 heavy (non-hydrogen) atoms. The van der Waals surface area contributed by atoms with Crippen molar-refractivity contribution in [3.8, 4) is 11.5 Å². The van der Waals surface area contributed by atoms with Gasteiger partial charge < -0.3 is 20.1 Å². The molecule has 3 aliphatic rings. The van der Waals surface area contributed by atoms with Crippen LogP contribution in [-0.4, -0.2) is 57.5 Å². The van der Waals surface area contributed by atoms with Gasteiger partial charge in [-0.15, -0.1) is 12.4 Å². The van der Waals surface area contributed by atoms with E-state index in [2.05, 4.69) is 10.6 Å². The highest BCUT2D eigenvalue weighted by Crippen LogP contribution is 2.39. The smallest absolute Gasteiger partial charge is 0.262 e. The van der Waals surface area contributed by atoms with Crippen molar-refractivity contribution in [3.05, 3.63) is 12.1 Å². The molecule has 3 aliphatic heterocycles. The van der Waals surface area contributed by atoms with Gasteiger partial charge in [0.05, 0.1) is 12.8 Å². The number of anilines is 1. The second kappa shape index (κ2) is 7.46. The Morgan fingerprint density at radius 3 is 2.52 bits per heavy atom. The zero-order chi connectivity index (χ0) is 18.5. The van der Waals surface area contributed by atoms with E-state index in [4.69, 9.17) is 9.47 Å². The first-order chi connectivity index (χ1) is 12.4. The summed E-state index contributed by atoms with van der Waals surface area (Å²) in [5, 5.41) is 6.19. The lowest BCUT2D eigenvalue weighted by molar-refractivity contribution is -0.118.